The highest BCUT2D eigenvalue weighted by molar-refractivity contribution is 9.11. The molecule has 360 valence electrons. The van der Waals surface area contributed by atoms with Crippen molar-refractivity contribution < 1.29 is 44.0 Å². The molecular formula is C53H50Br4Cl2N6O5+4. The maximum Gasteiger partial charge on any atom is 0.268 e. The normalized spacial score (nSPS) is 15.5. The van der Waals surface area contributed by atoms with Crippen LogP contribution in [-0.4, -0.2) is 63.4 Å². The van der Waals surface area contributed by atoms with E-state index in [-0.39, 0.29) is 11.8 Å². The van der Waals surface area contributed by atoms with Gasteiger partial charge in [0, 0.05) is 95.3 Å². The molecule has 17 heteroatoms. The van der Waals surface area contributed by atoms with Gasteiger partial charge in [-0.15, -0.1) is 0 Å². The van der Waals surface area contributed by atoms with Gasteiger partial charge < -0.3 is 9.80 Å². The lowest BCUT2D eigenvalue weighted by Gasteiger charge is -2.30. The second kappa shape index (κ2) is 21.6. The molecule has 4 aliphatic rings. The van der Waals surface area contributed by atoms with Crippen molar-refractivity contribution in [1.29, 1.82) is 0 Å². The van der Waals surface area contributed by atoms with Gasteiger partial charge in [-0.2, -0.15) is 0 Å². The van der Waals surface area contributed by atoms with Crippen molar-refractivity contribution in [3.8, 4) is 0 Å². The molecule has 6 heterocycles. The monoisotopic (exact) mass is 1240 g/mol. The summed E-state index contributed by atoms with van der Waals surface area (Å²) in [5, 5.41) is 32.7. The van der Waals surface area contributed by atoms with Crippen LogP contribution >= 0.6 is 86.9 Å². The number of carbonyl (C=O) groups is 2. The standard InChI is InChI=1S/C27H26Br2ClN3O2.C26H24Br2ClN3O3/c1-31-8-4-17(5-9-31)12-24(34)32-10-6-18(7-11-32)26-25-19(14-22(30)15-23(25)29)2-3-20-13-21(28)16-33(35)27(20)26;27-19-14-18-1-2-21-20(3-4-22(29)25(21)28)24(26(18)32(35)15-19)17-7-9-30(10-8-17)23(33)13-16-5-11-31(34)12-6-16/h4-5,8-9,13-16,35H,2-3,6-7,10-12H2,1H3;3-6,11-12,14-15,34-35H,1-2,7-10,13H2/q2*+2. The Kier molecular flexibility index (Phi) is 15.5. The van der Waals surface area contributed by atoms with Gasteiger partial charge in [0.15, 0.2) is 12.4 Å². The van der Waals surface area contributed by atoms with E-state index in [1.165, 1.54) is 33.0 Å². The number of fused-ring (bicyclic) bond motifs is 4. The molecule has 0 spiro atoms. The highest BCUT2D eigenvalue weighted by Crippen LogP contribution is 2.44. The SMILES string of the molecule is C[n+]1ccc(CC(=O)N2CCC(=C3c4c(Br)cc(Cl)cc4CCc4cc(Br)c[n+](O)c43)CC2)cc1.O=C(Cc1cc[n+](O)cc1)N1CCC(=C2c3ccc(Cl)c(Br)c3CCc3cc(Br)c[n+](O)c32)CC1. The van der Waals surface area contributed by atoms with Gasteiger partial charge in [-0.25, -0.2) is 4.57 Å². The number of rotatable bonds is 4. The predicted octanol–water partition coefficient (Wildman–Crippen LogP) is 9.66. The van der Waals surface area contributed by atoms with E-state index in [1.807, 2.05) is 70.2 Å². The lowest BCUT2D eigenvalue weighted by Crippen LogP contribution is -2.39. The Morgan fingerprint density at radius 3 is 1.64 bits per heavy atom. The van der Waals surface area contributed by atoms with E-state index in [9.17, 15) is 25.2 Å². The first-order valence-electron chi connectivity index (χ1n) is 23.1. The summed E-state index contributed by atoms with van der Waals surface area (Å²) in [6.07, 6.45) is 17.2. The van der Waals surface area contributed by atoms with Crippen molar-refractivity contribution in [2.45, 2.75) is 64.2 Å². The minimum Gasteiger partial charge on any atom is -0.342 e. The number of aromatic nitrogens is 4. The zero-order valence-electron chi connectivity index (χ0n) is 38.2. The number of benzene rings is 2. The summed E-state index contributed by atoms with van der Waals surface area (Å²) < 4.78 is 8.87. The molecule has 0 saturated carbocycles. The molecule has 2 fully saturated rings. The van der Waals surface area contributed by atoms with Crippen molar-refractivity contribution >= 4 is 110 Å². The van der Waals surface area contributed by atoms with Crippen LogP contribution in [0.15, 0.2) is 127 Å². The van der Waals surface area contributed by atoms with Crippen molar-refractivity contribution in [2.75, 3.05) is 26.2 Å². The number of amides is 2. The van der Waals surface area contributed by atoms with Crippen LogP contribution in [0.3, 0.4) is 0 Å². The second-order valence-electron chi connectivity index (χ2n) is 18.1. The van der Waals surface area contributed by atoms with Crippen molar-refractivity contribution in [1.82, 2.24) is 9.80 Å². The molecule has 2 aliphatic heterocycles. The number of hydrogen-bond donors (Lipinski definition) is 3. The Labute approximate surface area is 450 Å². The molecule has 0 radical (unpaired) electrons. The third-order valence-electron chi connectivity index (χ3n) is 13.6. The van der Waals surface area contributed by atoms with Gasteiger partial charge in [-0.3, -0.25) is 25.2 Å². The molecule has 10 rings (SSSR count). The van der Waals surface area contributed by atoms with Gasteiger partial charge in [0.05, 0.1) is 38.0 Å². The quantitative estimate of drug-likeness (QED) is 0.120. The Morgan fingerprint density at radius 1 is 0.600 bits per heavy atom. The van der Waals surface area contributed by atoms with Crippen LogP contribution in [-0.2, 0) is 55.2 Å². The van der Waals surface area contributed by atoms with Crippen LogP contribution in [0.25, 0.3) is 11.1 Å². The van der Waals surface area contributed by atoms with Crippen molar-refractivity contribution in [2.24, 2.45) is 7.05 Å². The molecule has 11 nitrogen and oxygen atoms in total. The number of likely N-dealkylation sites (tertiary alicyclic amines) is 2. The molecule has 70 heavy (non-hydrogen) atoms. The fourth-order valence-electron chi connectivity index (χ4n) is 10.1. The number of hydrogen-bond acceptors (Lipinski definition) is 5. The summed E-state index contributed by atoms with van der Waals surface area (Å²) in [5.41, 5.74) is 14.7. The number of piperidine rings is 2. The third kappa shape index (κ3) is 10.9. The predicted molar refractivity (Wildman–Crippen MR) is 279 cm³/mol. The molecule has 6 aromatic rings. The molecule has 0 unspecified atom stereocenters. The number of halogens is 6. The highest BCUT2D eigenvalue weighted by atomic mass is 79.9. The summed E-state index contributed by atoms with van der Waals surface area (Å²) in [6.45, 7) is 2.56. The number of aryl methyl sites for hydroxylation is 4. The maximum absolute atomic E-state index is 13.0. The van der Waals surface area contributed by atoms with Gasteiger partial charge in [-0.1, -0.05) is 56.3 Å². The zero-order chi connectivity index (χ0) is 49.4. The van der Waals surface area contributed by atoms with Crippen LogP contribution in [0.1, 0.15) is 81.6 Å². The average molecular weight is 1240 g/mol. The van der Waals surface area contributed by atoms with Crippen LogP contribution < -0.4 is 18.8 Å². The van der Waals surface area contributed by atoms with E-state index in [4.69, 9.17) is 23.2 Å². The van der Waals surface area contributed by atoms with E-state index in [0.717, 1.165) is 141 Å². The first-order valence-corrected chi connectivity index (χ1v) is 27.0. The molecule has 0 bridgehead atoms. The Hall–Kier alpha value is -4.64. The third-order valence-corrected chi connectivity index (χ3v) is 16.8. The van der Waals surface area contributed by atoms with Crippen molar-refractivity contribution in [3.63, 3.8) is 0 Å². The lowest BCUT2D eigenvalue weighted by atomic mass is 9.88. The largest absolute Gasteiger partial charge is 0.342 e. The summed E-state index contributed by atoms with van der Waals surface area (Å²) >= 11 is 27.3. The minimum absolute atomic E-state index is 0.0714. The summed E-state index contributed by atoms with van der Waals surface area (Å²) in [4.78, 5) is 29.8. The number of nitrogens with zero attached hydrogens (tertiary/aromatic N) is 6. The molecule has 2 saturated heterocycles. The molecular weight excluding hydrogens is 1190 g/mol. The van der Waals surface area contributed by atoms with Crippen LogP contribution in [0.2, 0.25) is 10.0 Å². The maximum atomic E-state index is 13.0. The Morgan fingerprint density at radius 2 is 1.09 bits per heavy atom. The molecule has 2 aliphatic carbocycles. The van der Waals surface area contributed by atoms with E-state index < -0.39 is 0 Å². The van der Waals surface area contributed by atoms with E-state index >= 15 is 0 Å². The van der Waals surface area contributed by atoms with E-state index in [0.29, 0.717) is 49.1 Å². The Balaban J connectivity index is 0.000000174. The van der Waals surface area contributed by atoms with Crippen LogP contribution in [0.4, 0.5) is 0 Å². The second-order valence-corrected chi connectivity index (χ2v) is 22.4. The van der Waals surface area contributed by atoms with Crippen molar-refractivity contribution in [3.05, 3.63) is 193 Å². The van der Waals surface area contributed by atoms with Gasteiger partial charge in [0.1, 0.15) is 7.05 Å². The molecule has 2 amide bonds. The zero-order valence-corrected chi connectivity index (χ0v) is 46.1. The summed E-state index contributed by atoms with van der Waals surface area (Å²) in [6, 6.07) is 19.5. The van der Waals surface area contributed by atoms with Crippen LogP contribution in [0, 0.1) is 0 Å². The number of carbonyl (C=O) groups excluding carboxylic acids is 2. The highest BCUT2D eigenvalue weighted by Gasteiger charge is 2.36. The van der Waals surface area contributed by atoms with Gasteiger partial charge in [-0.05, 0) is 157 Å². The Bertz CT molecular complexity index is 3050. The van der Waals surface area contributed by atoms with Gasteiger partial charge in [0.25, 0.3) is 11.4 Å². The number of pyridine rings is 4. The van der Waals surface area contributed by atoms with E-state index in [1.54, 1.807) is 24.5 Å². The van der Waals surface area contributed by atoms with E-state index in [2.05, 4.69) is 75.9 Å². The summed E-state index contributed by atoms with van der Waals surface area (Å²) in [7, 11) is 1.97. The minimum atomic E-state index is 0.0714. The fraction of sp³-hybridized carbons (Fsp3) is 0.283. The van der Waals surface area contributed by atoms with Crippen LogP contribution in [0.5, 0.6) is 0 Å². The summed E-state index contributed by atoms with van der Waals surface area (Å²) in [5.74, 6) is 0.223. The smallest absolute Gasteiger partial charge is 0.268 e. The first kappa shape index (κ1) is 50.3. The lowest BCUT2D eigenvalue weighted by molar-refractivity contribution is -0.906. The molecule has 4 aromatic heterocycles. The van der Waals surface area contributed by atoms with Gasteiger partial charge in [0.2, 0.25) is 36.6 Å². The first-order chi connectivity index (χ1) is 33.6. The molecule has 0 atom stereocenters. The molecule has 3 N–H and O–H groups in total. The molecule has 2 aromatic carbocycles. The fourth-order valence-corrected chi connectivity index (χ4v) is 12.9. The topological polar surface area (TPSA) is 117 Å². The van der Waals surface area contributed by atoms with Gasteiger partial charge >= 0.3 is 0 Å². The average Bonchev–Trinajstić information content (AvgIpc) is 3.61.